The van der Waals surface area contributed by atoms with Crippen molar-refractivity contribution in [2.75, 3.05) is 42.7 Å². The summed E-state index contributed by atoms with van der Waals surface area (Å²) in [5, 5.41) is 18.7. The number of amides is 1. The van der Waals surface area contributed by atoms with Gasteiger partial charge in [0.15, 0.2) is 23.1 Å². The number of hydrogen-bond donors (Lipinski definition) is 2. The number of aliphatic hydroxyl groups is 1. The quantitative estimate of drug-likeness (QED) is 0.430. The van der Waals surface area contributed by atoms with Crippen LogP contribution in [0.2, 0.25) is 0 Å². The number of hydrogen-bond acceptors (Lipinski definition) is 8. The molecule has 11 nitrogen and oxygen atoms in total. The normalized spacial score (nSPS) is 23.0. The highest BCUT2D eigenvalue weighted by atomic mass is 19.1. The Morgan fingerprint density at radius 2 is 1.90 bits per heavy atom. The van der Waals surface area contributed by atoms with Crippen LogP contribution in [0.4, 0.5) is 25.0 Å². The number of carboxylic acid groups (broad SMARTS) is 1. The standard InChI is InChI=1S/C29H27F2N3O8/c30-21-6-16(34-9-18(11-35)42-29(34)39)3-4-23(21)40-12-14-5-17-13-41-27-24-19(7-22(31)25(27)32(17)8-14)26(36)20(28(37)38)10-33(24)15-1-2-15/h3-4,6-7,10,14-15,17-18,35H,1-2,5,8-9,11-13H2,(H,37,38)/t14-,17+,18-/m1/s1. The summed E-state index contributed by atoms with van der Waals surface area (Å²) in [5.41, 5.74) is -0.243. The summed E-state index contributed by atoms with van der Waals surface area (Å²) in [6.45, 7) is 0.590. The van der Waals surface area contributed by atoms with Gasteiger partial charge in [-0.25, -0.2) is 18.4 Å². The molecule has 0 bridgehead atoms. The Hall–Kier alpha value is -4.39. The molecule has 0 spiro atoms. The number of anilines is 2. The van der Waals surface area contributed by atoms with Gasteiger partial charge in [-0.2, -0.15) is 0 Å². The number of carboxylic acids is 1. The zero-order chi connectivity index (χ0) is 29.3. The van der Waals surface area contributed by atoms with Crippen LogP contribution in [0.15, 0.2) is 35.3 Å². The molecule has 1 saturated carbocycles. The first-order valence-electron chi connectivity index (χ1n) is 13.8. The molecule has 4 aliphatic rings. The van der Waals surface area contributed by atoms with Crippen molar-refractivity contribution in [3.05, 3.63) is 57.9 Å². The number of carbonyl (C=O) groups is 2. The van der Waals surface area contributed by atoms with Crippen molar-refractivity contribution >= 4 is 34.3 Å². The van der Waals surface area contributed by atoms with Crippen LogP contribution >= 0.6 is 0 Å². The molecule has 0 unspecified atom stereocenters. The van der Waals surface area contributed by atoms with Crippen LogP contribution in [0.3, 0.4) is 0 Å². The Labute approximate surface area is 237 Å². The molecule has 3 aliphatic heterocycles. The highest BCUT2D eigenvalue weighted by Gasteiger charge is 2.41. The van der Waals surface area contributed by atoms with Gasteiger partial charge < -0.3 is 33.9 Å². The van der Waals surface area contributed by atoms with E-state index in [-0.39, 0.29) is 72.6 Å². The average Bonchev–Trinajstić information content (AvgIpc) is 3.61. The fourth-order valence-corrected chi connectivity index (χ4v) is 6.20. The van der Waals surface area contributed by atoms with E-state index in [1.54, 1.807) is 4.57 Å². The number of cyclic esters (lactones) is 1. The molecule has 42 heavy (non-hydrogen) atoms. The third kappa shape index (κ3) is 4.30. The topological polar surface area (TPSA) is 131 Å². The zero-order valence-corrected chi connectivity index (χ0v) is 22.3. The van der Waals surface area contributed by atoms with E-state index in [1.807, 2.05) is 4.90 Å². The largest absolute Gasteiger partial charge is 0.490 e. The van der Waals surface area contributed by atoms with Crippen molar-refractivity contribution in [3.8, 4) is 11.5 Å². The van der Waals surface area contributed by atoms with Crippen molar-refractivity contribution < 1.29 is 42.8 Å². The maximum Gasteiger partial charge on any atom is 0.414 e. The molecule has 2 saturated heterocycles. The number of fused-ring (bicyclic) bond motifs is 5. The molecule has 3 atom stereocenters. The second kappa shape index (κ2) is 9.86. The fraction of sp³-hybridized carbons (Fsp3) is 0.414. The van der Waals surface area contributed by atoms with Crippen LogP contribution < -0.4 is 24.7 Å². The molecule has 13 heteroatoms. The minimum Gasteiger partial charge on any atom is -0.490 e. The molecule has 1 amide bonds. The summed E-state index contributed by atoms with van der Waals surface area (Å²) >= 11 is 0. The van der Waals surface area contributed by atoms with Crippen molar-refractivity contribution in [1.29, 1.82) is 0 Å². The van der Waals surface area contributed by atoms with Crippen LogP contribution in [0.1, 0.15) is 35.7 Å². The van der Waals surface area contributed by atoms with Crippen LogP contribution in [0.25, 0.3) is 10.9 Å². The van der Waals surface area contributed by atoms with Gasteiger partial charge in [0.1, 0.15) is 24.0 Å². The van der Waals surface area contributed by atoms with Gasteiger partial charge in [0, 0.05) is 30.8 Å². The van der Waals surface area contributed by atoms with Gasteiger partial charge in [-0.05, 0) is 37.5 Å². The number of nitrogens with zero attached hydrogens (tertiary/aromatic N) is 3. The molecule has 7 rings (SSSR count). The van der Waals surface area contributed by atoms with E-state index in [2.05, 4.69) is 0 Å². The van der Waals surface area contributed by atoms with Gasteiger partial charge in [0.05, 0.1) is 42.4 Å². The van der Waals surface area contributed by atoms with E-state index < -0.39 is 40.8 Å². The Morgan fingerprint density at radius 3 is 2.60 bits per heavy atom. The molecule has 1 aliphatic carbocycles. The lowest BCUT2D eigenvalue weighted by molar-refractivity contribution is 0.0694. The van der Waals surface area contributed by atoms with Gasteiger partial charge in [0.25, 0.3) is 0 Å². The van der Waals surface area contributed by atoms with E-state index in [4.69, 9.17) is 14.2 Å². The second-order valence-electron chi connectivity index (χ2n) is 11.2. The molecule has 2 N–H and O–H groups in total. The number of pyridine rings is 1. The Bertz CT molecular complexity index is 1690. The first kappa shape index (κ1) is 26.5. The first-order valence-corrected chi connectivity index (χ1v) is 13.8. The predicted molar refractivity (Wildman–Crippen MR) is 145 cm³/mol. The molecular formula is C29H27F2N3O8. The summed E-state index contributed by atoms with van der Waals surface area (Å²) in [6, 6.07) is 5.10. The van der Waals surface area contributed by atoms with E-state index in [9.17, 15) is 29.0 Å². The van der Waals surface area contributed by atoms with E-state index in [0.717, 1.165) is 18.9 Å². The van der Waals surface area contributed by atoms with Crippen molar-refractivity contribution in [2.45, 2.75) is 37.5 Å². The summed E-state index contributed by atoms with van der Waals surface area (Å²) in [4.78, 5) is 39.8. The number of benzene rings is 2. The Balaban J connectivity index is 1.12. The highest BCUT2D eigenvalue weighted by Crippen LogP contribution is 2.48. The number of ether oxygens (including phenoxy) is 3. The van der Waals surface area contributed by atoms with Gasteiger partial charge in [-0.3, -0.25) is 9.69 Å². The minimum atomic E-state index is -1.36. The number of halogens is 2. The first-order chi connectivity index (χ1) is 20.2. The van der Waals surface area contributed by atoms with Crippen LogP contribution in [0.5, 0.6) is 11.5 Å². The van der Waals surface area contributed by atoms with E-state index in [1.165, 1.54) is 29.3 Å². The molecule has 0 radical (unpaired) electrons. The van der Waals surface area contributed by atoms with E-state index >= 15 is 4.39 Å². The summed E-state index contributed by atoms with van der Waals surface area (Å²) in [5.74, 6) is -2.54. The lowest BCUT2D eigenvalue weighted by atomic mass is 10.1. The SMILES string of the molecule is O=C(O)c1cn(C2CC2)c2c3c(c(F)cc2c1=O)N1C[C@H](COc2ccc(N4C[C@H](CO)OC4=O)cc2F)C[C@H]1CO3. The van der Waals surface area contributed by atoms with Crippen molar-refractivity contribution in [3.63, 3.8) is 0 Å². The van der Waals surface area contributed by atoms with Crippen LogP contribution in [0, 0.1) is 17.6 Å². The second-order valence-corrected chi connectivity index (χ2v) is 11.2. The summed E-state index contributed by atoms with van der Waals surface area (Å²) in [7, 11) is 0. The highest BCUT2D eigenvalue weighted by molar-refractivity contribution is 5.97. The van der Waals surface area contributed by atoms with E-state index in [0.29, 0.717) is 18.5 Å². The number of aliphatic hydroxyl groups excluding tert-OH is 1. The van der Waals surface area contributed by atoms with Crippen molar-refractivity contribution in [2.24, 2.45) is 5.92 Å². The Morgan fingerprint density at radius 1 is 1.10 bits per heavy atom. The predicted octanol–water partition coefficient (Wildman–Crippen LogP) is 3.30. The molecule has 4 heterocycles. The van der Waals surface area contributed by atoms with Gasteiger partial charge in [0.2, 0.25) is 5.43 Å². The lowest BCUT2D eigenvalue weighted by Crippen LogP contribution is -2.39. The average molecular weight is 584 g/mol. The van der Waals surface area contributed by atoms with Gasteiger partial charge in [-0.15, -0.1) is 0 Å². The van der Waals surface area contributed by atoms with Crippen LogP contribution in [-0.2, 0) is 4.74 Å². The van der Waals surface area contributed by atoms with Gasteiger partial charge >= 0.3 is 12.1 Å². The molecule has 1 aromatic heterocycles. The van der Waals surface area contributed by atoms with Gasteiger partial charge in [-0.1, -0.05) is 0 Å². The number of aromatic carboxylic acids is 1. The molecule has 3 fully saturated rings. The smallest absolute Gasteiger partial charge is 0.414 e. The maximum absolute atomic E-state index is 15.6. The summed E-state index contributed by atoms with van der Waals surface area (Å²) < 4.78 is 49.1. The fourth-order valence-electron chi connectivity index (χ4n) is 6.20. The van der Waals surface area contributed by atoms with Crippen molar-refractivity contribution in [1.82, 2.24) is 4.57 Å². The number of aromatic nitrogens is 1. The number of rotatable bonds is 7. The third-order valence-electron chi connectivity index (χ3n) is 8.36. The monoisotopic (exact) mass is 583 g/mol. The molecule has 220 valence electrons. The minimum absolute atomic E-state index is 0.00593. The lowest BCUT2D eigenvalue weighted by Gasteiger charge is -2.34. The van der Waals surface area contributed by atoms with Crippen LogP contribution in [-0.4, -0.2) is 71.9 Å². The molecule has 2 aromatic carbocycles. The zero-order valence-electron chi connectivity index (χ0n) is 22.3. The number of carbonyl (C=O) groups excluding carboxylic acids is 1. The molecule has 3 aromatic rings. The third-order valence-corrected chi connectivity index (χ3v) is 8.36. The Kier molecular flexibility index (Phi) is 6.22. The molecular weight excluding hydrogens is 556 g/mol. The maximum atomic E-state index is 15.6. The summed E-state index contributed by atoms with van der Waals surface area (Å²) in [6.07, 6.45) is 2.24.